The van der Waals surface area contributed by atoms with Gasteiger partial charge in [0, 0.05) is 0 Å². The highest BCUT2D eigenvalue weighted by Crippen LogP contribution is 1.96. The molecule has 1 atom stereocenters. The van der Waals surface area contributed by atoms with E-state index < -0.39 is 5.56 Å². The van der Waals surface area contributed by atoms with Gasteiger partial charge in [0.05, 0.1) is 21.1 Å². The Hall–Kier alpha value is 0.500. The Morgan fingerprint density at radius 2 is 1.78 bits per heavy atom. The molecular weight excluding hydrogens is 161 g/mol. The number of alkyl halides is 1. The lowest BCUT2D eigenvalue weighted by Gasteiger charge is -2.24. The lowest BCUT2D eigenvalue weighted by molar-refractivity contribution is -0.872. The fraction of sp³-hybridized carbons (Fsp3) is 1.00. The van der Waals surface area contributed by atoms with Crippen LogP contribution in [0, 0.1) is 0 Å². The summed E-state index contributed by atoms with van der Waals surface area (Å²) in [6.07, 6.45) is 0. The van der Waals surface area contributed by atoms with Crippen molar-refractivity contribution in [3.8, 4) is 0 Å². The van der Waals surface area contributed by atoms with E-state index in [0.717, 1.165) is 0 Å². The molecule has 0 aromatic heterocycles. The van der Waals surface area contributed by atoms with Crippen molar-refractivity contribution >= 4 is 24.0 Å². The van der Waals surface area contributed by atoms with E-state index in [2.05, 4.69) is 0 Å². The van der Waals surface area contributed by atoms with Crippen LogP contribution in [-0.2, 0) is 0 Å². The van der Waals surface area contributed by atoms with E-state index in [0.29, 0.717) is 11.0 Å². The molecule has 9 heavy (non-hydrogen) atoms. The molecule has 1 N–H and O–H groups in total. The zero-order chi connectivity index (χ0) is 6.78. The highest BCUT2D eigenvalue weighted by atomic mass is 35.5. The van der Waals surface area contributed by atoms with Crippen LogP contribution < -0.4 is 0 Å². The first kappa shape index (κ1) is 12.2. The van der Waals surface area contributed by atoms with Crippen molar-refractivity contribution in [2.45, 2.75) is 5.56 Å². The molecule has 0 spiro atoms. The summed E-state index contributed by atoms with van der Waals surface area (Å²) in [6.45, 7) is 0.585. The molecule has 0 radical (unpaired) electrons. The zero-order valence-corrected chi connectivity index (χ0v) is 7.54. The fourth-order valence-corrected chi connectivity index (χ4v) is 0.866. The number of hydrogen-bond acceptors (Lipinski definition) is 1. The molecule has 4 heteroatoms. The van der Waals surface area contributed by atoms with Gasteiger partial charge in [-0.3, -0.25) is 0 Å². The van der Waals surface area contributed by atoms with Crippen LogP contribution in [0.1, 0.15) is 0 Å². The molecule has 0 aliphatic heterocycles. The molecule has 0 aliphatic rings. The van der Waals surface area contributed by atoms with Gasteiger partial charge >= 0.3 is 0 Å². The van der Waals surface area contributed by atoms with Crippen molar-refractivity contribution in [3.63, 3.8) is 0 Å². The van der Waals surface area contributed by atoms with Gasteiger partial charge in [-0.15, -0.1) is 12.4 Å². The molecule has 0 bridgehead atoms. The SMILES string of the molecule is C[N+](C)(C)CC(O)Cl.Cl. The van der Waals surface area contributed by atoms with Gasteiger partial charge < -0.3 is 9.59 Å². The van der Waals surface area contributed by atoms with E-state index in [1.54, 1.807) is 0 Å². The smallest absolute Gasteiger partial charge is 0.177 e. The Kier molecular flexibility index (Phi) is 5.88. The van der Waals surface area contributed by atoms with Gasteiger partial charge in [-0.1, -0.05) is 11.6 Å². The van der Waals surface area contributed by atoms with Gasteiger partial charge in [-0.05, 0) is 0 Å². The number of halogens is 2. The first-order valence-electron chi connectivity index (χ1n) is 2.54. The second kappa shape index (κ2) is 4.34. The first-order valence-corrected chi connectivity index (χ1v) is 2.98. The number of aliphatic hydroxyl groups excluding tert-OH is 1. The van der Waals surface area contributed by atoms with Gasteiger partial charge in [0.1, 0.15) is 6.54 Å². The predicted octanol–water partition coefficient (Wildman–Crippen LogP) is 0.672. The Labute approximate surface area is 67.4 Å². The summed E-state index contributed by atoms with van der Waals surface area (Å²) in [5.41, 5.74) is -0.713. The largest absolute Gasteiger partial charge is 0.372 e. The molecule has 0 heterocycles. The highest BCUT2D eigenvalue weighted by Gasteiger charge is 2.11. The lowest BCUT2D eigenvalue weighted by atomic mass is 10.5. The number of likely N-dealkylation sites (N-methyl/N-ethyl adjacent to an activating group) is 1. The number of aliphatic hydroxyl groups is 1. The molecular formula is C5H14Cl2NO+. The third-order valence-electron chi connectivity index (χ3n) is 0.698. The molecule has 1 unspecified atom stereocenters. The molecule has 0 aliphatic carbocycles. The van der Waals surface area contributed by atoms with Gasteiger partial charge in [0.15, 0.2) is 5.56 Å². The predicted molar refractivity (Wildman–Crippen MR) is 42.0 cm³/mol. The van der Waals surface area contributed by atoms with E-state index in [1.807, 2.05) is 21.1 Å². The maximum atomic E-state index is 8.64. The van der Waals surface area contributed by atoms with Crippen LogP contribution in [0.25, 0.3) is 0 Å². The molecule has 0 amide bonds. The van der Waals surface area contributed by atoms with E-state index in [1.165, 1.54) is 0 Å². The maximum absolute atomic E-state index is 8.64. The third-order valence-corrected chi connectivity index (χ3v) is 0.836. The van der Waals surface area contributed by atoms with Gasteiger partial charge in [0.2, 0.25) is 0 Å². The molecule has 0 saturated carbocycles. The Bertz CT molecular complexity index is 69.8. The van der Waals surface area contributed by atoms with Crippen LogP contribution in [0.15, 0.2) is 0 Å². The highest BCUT2D eigenvalue weighted by molar-refractivity contribution is 6.19. The summed E-state index contributed by atoms with van der Waals surface area (Å²) in [6, 6.07) is 0. The van der Waals surface area contributed by atoms with Crippen LogP contribution >= 0.6 is 24.0 Å². The van der Waals surface area contributed by atoms with Crippen molar-refractivity contribution in [1.29, 1.82) is 0 Å². The summed E-state index contributed by atoms with van der Waals surface area (Å²) in [4.78, 5) is 0. The quantitative estimate of drug-likeness (QED) is 0.483. The van der Waals surface area contributed by atoms with Crippen molar-refractivity contribution in [1.82, 2.24) is 0 Å². The van der Waals surface area contributed by atoms with Crippen molar-refractivity contribution in [2.75, 3.05) is 27.7 Å². The fourth-order valence-electron chi connectivity index (χ4n) is 0.452. The monoisotopic (exact) mass is 174 g/mol. The number of quaternary nitrogens is 1. The molecule has 2 nitrogen and oxygen atoms in total. The first-order chi connectivity index (χ1) is 3.42. The minimum atomic E-state index is -0.713. The van der Waals surface area contributed by atoms with Gasteiger partial charge in [-0.25, -0.2) is 0 Å². The summed E-state index contributed by atoms with van der Waals surface area (Å²) < 4.78 is 0.699. The van der Waals surface area contributed by atoms with Crippen LogP contribution in [0.2, 0.25) is 0 Å². The van der Waals surface area contributed by atoms with Crippen molar-refractivity contribution in [3.05, 3.63) is 0 Å². The maximum Gasteiger partial charge on any atom is 0.177 e. The average Bonchev–Trinajstić information content (AvgIpc) is 1.21. The molecule has 0 fully saturated rings. The standard InChI is InChI=1S/C5H13ClNO.ClH/c1-7(2,3)4-5(6)8;/h5,8H,4H2,1-3H3;1H/q+1;. The molecule has 0 aromatic carbocycles. The number of nitrogens with zero attached hydrogens (tertiary/aromatic N) is 1. The number of rotatable bonds is 2. The van der Waals surface area contributed by atoms with E-state index in [4.69, 9.17) is 16.7 Å². The average molecular weight is 175 g/mol. The Balaban J connectivity index is 0. The molecule has 0 rings (SSSR count). The van der Waals surface area contributed by atoms with E-state index in [9.17, 15) is 0 Å². The zero-order valence-electron chi connectivity index (χ0n) is 5.97. The van der Waals surface area contributed by atoms with Crippen molar-refractivity contribution < 1.29 is 9.59 Å². The topological polar surface area (TPSA) is 20.2 Å². The summed E-state index contributed by atoms with van der Waals surface area (Å²) in [7, 11) is 5.93. The van der Waals surface area contributed by atoms with E-state index >= 15 is 0 Å². The van der Waals surface area contributed by atoms with Gasteiger partial charge in [-0.2, -0.15) is 0 Å². The van der Waals surface area contributed by atoms with Crippen molar-refractivity contribution in [2.24, 2.45) is 0 Å². The Morgan fingerprint density at radius 1 is 1.44 bits per heavy atom. The minimum absolute atomic E-state index is 0. The minimum Gasteiger partial charge on any atom is -0.372 e. The van der Waals surface area contributed by atoms with Crippen LogP contribution in [-0.4, -0.2) is 42.8 Å². The summed E-state index contributed by atoms with van der Waals surface area (Å²) >= 11 is 5.30. The molecule has 0 aromatic rings. The van der Waals surface area contributed by atoms with Crippen LogP contribution in [0.4, 0.5) is 0 Å². The van der Waals surface area contributed by atoms with Crippen LogP contribution in [0.3, 0.4) is 0 Å². The Morgan fingerprint density at radius 3 is 1.78 bits per heavy atom. The molecule has 58 valence electrons. The lowest BCUT2D eigenvalue weighted by Crippen LogP contribution is -2.39. The normalized spacial score (nSPS) is 14.3. The van der Waals surface area contributed by atoms with Crippen LogP contribution in [0.5, 0.6) is 0 Å². The van der Waals surface area contributed by atoms with Gasteiger partial charge in [0.25, 0.3) is 0 Å². The summed E-state index contributed by atoms with van der Waals surface area (Å²) in [5.74, 6) is 0. The second-order valence-electron chi connectivity index (χ2n) is 2.91. The summed E-state index contributed by atoms with van der Waals surface area (Å²) in [5, 5.41) is 8.64. The second-order valence-corrected chi connectivity index (χ2v) is 3.41. The molecule has 0 saturated heterocycles. The van der Waals surface area contributed by atoms with E-state index in [-0.39, 0.29) is 12.4 Å². The third kappa shape index (κ3) is 11.9. The number of hydrogen-bond donors (Lipinski definition) is 1.